The van der Waals surface area contributed by atoms with Crippen molar-refractivity contribution in [2.75, 3.05) is 42.5 Å². The third-order valence-electron chi connectivity index (χ3n) is 8.58. The summed E-state index contributed by atoms with van der Waals surface area (Å²) in [7, 11) is 0. The van der Waals surface area contributed by atoms with Gasteiger partial charge >= 0.3 is 6.03 Å². The predicted molar refractivity (Wildman–Crippen MR) is 170 cm³/mol. The van der Waals surface area contributed by atoms with Crippen LogP contribution in [0.5, 0.6) is 5.75 Å². The molecule has 2 aromatic heterocycles. The lowest BCUT2D eigenvalue weighted by Gasteiger charge is -2.36. The number of nitrogens with zero attached hydrogens (tertiary/aromatic N) is 7. The van der Waals surface area contributed by atoms with Crippen LogP contribution in [0.25, 0.3) is 0 Å². The quantitative estimate of drug-likeness (QED) is 0.373. The van der Waals surface area contributed by atoms with Crippen LogP contribution in [0, 0.1) is 11.3 Å². The Morgan fingerprint density at radius 3 is 2.54 bits per heavy atom. The van der Waals surface area contributed by atoms with E-state index in [1.807, 2.05) is 18.2 Å². The van der Waals surface area contributed by atoms with Gasteiger partial charge in [-0.15, -0.1) is 10.2 Å². The molecule has 4 heterocycles. The Kier molecular flexibility index (Phi) is 9.56. The maximum atomic E-state index is 12.9. The van der Waals surface area contributed by atoms with Gasteiger partial charge in [0.2, 0.25) is 5.91 Å². The van der Waals surface area contributed by atoms with Gasteiger partial charge in [0.1, 0.15) is 11.8 Å². The molecule has 4 amide bonds. The Labute approximate surface area is 271 Å². The zero-order valence-electron chi connectivity index (χ0n) is 25.2. The molecule has 1 saturated carbocycles. The number of ether oxygens (including phenoxy) is 1. The number of imide groups is 1. The van der Waals surface area contributed by atoms with E-state index in [2.05, 4.69) is 35.6 Å². The maximum Gasteiger partial charge on any atom is 0.328 e. The number of halogens is 1. The van der Waals surface area contributed by atoms with Crippen molar-refractivity contribution >= 4 is 41.0 Å². The molecule has 46 heavy (non-hydrogen) atoms. The van der Waals surface area contributed by atoms with E-state index in [4.69, 9.17) is 21.6 Å². The molecule has 238 valence electrons. The highest BCUT2D eigenvalue weighted by atomic mass is 35.5. The summed E-state index contributed by atoms with van der Waals surface area (Å²) in [6.45, 7) is 4.00. The van der Waals surface area contributed by atoms with Crippen molar-refractivity contribution in [2.24, 2.45) is 0 Å². The average Bonchev–Trinajstić information content (AvgIpc) is 3.07. The van der Waals surface area contributed by atoms with Gasteiger partial charge in [-0.3, -0.25) is 29.7 Å². The van der Waals surface area contributed by atoms with Gasteiger partial charge in [-0.2, -0.15) is 5.26 Å². The Balaban J connectivity index is 0.956. The van der Waals surface area contributed by atoms with Gasteiger partial charge < -0.3 is 15.0 Å². The number of amides is 4. The molecule has 0 unspecified atom stereocenters. The van der Waals surface area contributed by atoms with E-state index >= 15 is 0 Å². The average molecular weight is 644 g/mol. The molecule has 6 rings (SSSR count). The minimum Gasteiger partial charge on any atom is -0.490 e. The number of hydrogen-bond donors (Lipinski definition) is 2. The minimum atomic E-state index is -0.421. The number of aromatic nitrogens is 3. The predicted octanol–water partition coefficient (Wildman–Crippen LogP) is 3.29. The first-order chi connectivity index (χ1) is 22.4. The molecule has 1 aromatic carbocycles. The smallest absolute Gasteiger partial charge is 0.328 e. The SMILES string of the molecule is N#Cc1ccc(OC2CCC(NC(=O)c3ccc(N4CCN(Cc5ccncc5N5CCC(=O)NC5=O)CC4)nn3)CC2)cc1Cl. The summed E-state index contributed by atoms with van der Waals surface area (Å²) in [4.78, 5) is 47.1. The molecule has 2 saturated heterocycles. The van der Waals surface area contributed by atoms with Gasteiger partial charge in [0, 0.05) is 64.0 Å². The summed E-state index contributed by atoms with van der Waals surface area (Å²) in [5.74, 6) is 0.847. The molecule has 2 N–H and O–H groups in total. The highest BCUT2D eigenvalue weighted by molar-refractivity contribution is 6.31. The number of nitrogens with one attached hydrogen (secondary N) is 2. The van der Waals surface area contributed by atoms with Crippen molar-refractivity contribution in [2.45, 2.75) is 50.8 Å². The highest BCUT2D eigenvalue weighted by Gasteiger charge is 2.28. The molecule has 0 radical (unpaired) electrons. The van der Waals surface area contributed by atoms with Crippen LogP contribution in [0.4, 0.5) is 16.3 Å². The molecule has 2 aliphatic heterocycles. The molecule has 1 aliphatic carbocycles. The molecule has 14 heteroatoms. The minimum absolute atomic E-state index is 0.0200. The molecule has 3 aromatic rings. The highest BCUT2D eigenvalue weighted by Crippen LogP contribution is 2.28. The fourth-order valence-corrected chi connectivity index (χ4v) is 6.23. The first-order valence-electron chi connectivity index (χ1n) is 15.4. The van der Waals surface area contributed by atoms with E-state index < -0.39 is 6.03 Å². The molecule has 3 fully saturated rings. The number of carbonyl (C=O) groups is 3. The van der Waals surface area contributed by atoms with E-state index in [-0.39, 0.29) is 36.1 Å². The number of pyridine rings is 1. The fraction of sp³-hybridized carbons (Fsp3) is 0.406. The van der Waals surface area contributed by atoms with Gasteiger partial charge in [-0.05, 0) is 61.6 Å². The molecular weight excluding hydrogens is 610 g/mol. The second-order valence-corrected chi connectivity index (χ2v) is 12.0. The van der Waals surface area contributed by atoms with Crippen molar-refractivity contribution < 1.29 is 19.1 Å². The summed E-state index contributed by atoms with van der Waals surface area (Å²) in [6.07, 6.45) is 6.80. The van der Waals surface area contributed by atoms with Crippen LogP contribution >= 0.6 is 11.6 Å². The molecule has 0 bridgehead atoms. The Morgan fingerprint density at radius 2 is 1.85 bits per heavy atom. The van der Waals surface area contributed by atoms with Gasteiger partial charge in [0.05, 0.1) is 28.6 Å². The molecule has 0 atom stereocenters. The van der Waals surface area contributed by atoms with Gasteiger partial charge in [-0.25, -0.2) is 4.79 Å². The Bertz CT molecular complexity index is 1630. The third-order valence-corrected chi connectivity index (χ3v) is 8.89. The fourth-order valence-electron chi connectivity index (χ4n) is 6.01. The molecular formula is C32H34ClN9O4. The van der Waals surface area contributed by atoms with Gasteiger partial charge in [0.15, 0.2) is 11.5 Å². The van der Waals surface area contributed by atoms with Gasteiger partial charge in [-0.1, -0.05) is 11.6 Å². The monoisotopic (exact) mass is 643 g/mol. The van der Waals surface area contributed by atoms with Gasteiger partial charge in [0.25, 0.3) is 5.91 Å². The van der Waals surface area contributed by atoms with E-state index in [1.54, 1.807) is 41.6 Å². The summed E-state index contributed by atoms with van der Waals surface area (Å²) in [5, 5.41) is 23.5. The number of urea groups is 1. The summed E-state index contributed by atoms with van der Waals surface area (Å²) in [6, 6.07) is 12.2. The zero-order chi connectivity index (χ0) is 32.0. The molecule has 3 aliphatic rings. The molecule has 13 nitrogen and oxygen atoms in total. The van der Waals surface area contributed by atoms with E-state index in [9.17, 15) is 14.4 Å². The Hall–Kier alpha value is -4.80. The van der Waals surface area contributed by atoms with Crippen molar-refractivity contribution in [1.29, 1.82) is 5.26 Å². The van der Waals surface area contributed by atoms with Crippen LogP contribution in [0.15, 0.2) is 48.8 Å². The lowest BCUT2D eigenvalue weighted by molar-refractivity contribution is -0.120. The van der Waals surface area contributed by atoms with Crippen molar-refractivity contribution in [3.8, 4) is 11.8 Å². The van der Waals surface area contributed by atoms with Crippen LogP contribution < -0.4 is 25.2 Å². The van der Waals surface area contributed by atoms with Crippen LogP contribution in [-0.2, 0) is 11.3 Å². The lowest BCUT2D eigenvalue weighted by Crippen LogP contribution is -2.50. The number of hydrogen-bond acceptors (Lipinski definition) is 10. The first-order valence-corrected chi connectivity index (χ1v) is 15.8. The van der Waals surface area contributed by atoms with Crippen LogP contribution in [-0.4, -0.2) is 82.8 Å². The number of rotatable bonds is 8. The molecule has 0 spiro atoms. The zero-order valence-corrected chi connectivity index (χ0v) is 25.9. The summed E-state index contributed by atoms with van der Waals surface area (Å²) in [5.41, 5.74) is 2.38. The van der Waals surface area contributed by atoms with E-state index in [0.717, 1.165) is 63.2 Å². The maximum absolute atomic E-state index is 12.9. The standard InChI is InChI=1S/C32H34ClN9O4/c33-26-17-25(4-1-21(26)18-34)46-24-5-2-23(3-6-24)36-31(44)27-7-8-29(39-38-27)41-15-13-40(14-16-41)20-22-9-11-35-19-28(22)42-12-10-30(43)37-32(42)45/h1,4,7-9,11,17,19,23-24H,2-3,5-6,10,12-16,20H2,(H,36,44)(H,37,43,45). The number of nitriles is 1. The van der Waals surface area contributed by atoms with Crippen molar-refractivity contribution in [3.63, 3.8) is 0 Å². The topological polar surface area (TPSA) is 157 Å². The second kappa shape index (κ2) is 14.1. The van der Waals surface area contributed by atoms with E-state index in [1.165, 1.54) is 0 Å². The van der Waals surface area contributed by atoms with Crippen molar-refractivity contribution in [3.05, 3.63) is 70.6 Å². The normalized spacial score (nSPS) is 20.5. The second-order valence-electron chi connectivity index (χ2n) is 11.6. The summed E-state index contributed by atoms with van der Waals surface area (Å²) < 4.78 is 6.05. The van der Waals surface area contributed by atoms with Crippen molar-refractivity contribution in [1.82, 2.24) is 30.7 Å². The van der Waals surface area contributed by atoms with Crippen LogP contribution in [0.2, 0.25) is 5.02 Å². The third kappa shape index (κ3) is 7.35. The van der Waals surface area contributed by atoms with Crippen LogP contribution in [0.1, 0.15) is 53.7 Å². The summed E-state index contributed by atoms with van der Waals surface area (Å²) >= 11 is 6.12. The number of anilines is 2. The lowest BCUT2D eigenvalue weighted by atomic mass is 9.93. The van der Waals surface area contributed by atoms with E-state index in [0.29, 0.717) is 35.1 Å². The number of benzene rings is 1. The van der Waals surface area contributed by atoms with Crippen LogP contribution in [0.3, 0.4) is 0 Å². The first kappa shape index (κ1) is 31.2. The number of carbonyl (C=O) groups excluding carboxylic acids is 3. The largest absolute Gasteiger partial charge is 0.490 e. The number of piperazine rings is 1. The Morgan fingerprint density at radius 1 is 1.04 bits per heavy atom.